The number of benzene rings is 3. The number of aliphatic hydroxyl groups excluding tert-OH is 3. The number of nitrogens with one attached hydrogen (secondary N) is 2. The van der Waals surface area contributed by atoms with Gasteiger partial charge in [0.15, 0.2) is 0 Å². The van der Waals surface area contributed by atoms with Crippen molar-refractivity contribution in [2.24, 2.45) is 0 Å². The molecule has 1 saturated heterocycles. The van der Waals surface area contributed by atoms with E-state index in [4.69, 9.17) is 19.0 Å². The topological polar surface area (TPSA) is 218 Å². The second kappa shape index (κ2) is 29.9. The van der Waals surface area contributed by atoms with E-state index in [1.54, 1.807) is 0 Å². The van der Waals surface area contributed by atoms with Gasteiger partial charge in [-0.3, -0.25) is 4.90 Å². The SMILES string of the molecule is CC=O.O=C(OCc1ccccc1)N1CC[C@@H](O)C[C@@H]1O.O=CCCNC(=O)OCc1ccccc1.O=CC[C@H](O)CCNC(=O)OCc1ccccc1. The fraction of sp³-hybridized carbons (Fsp3) is 0.385. The third-order valence-corrected chi connectivity index (χ3v) is 7.06. The highest BCUT2D eigenvalue weighted by molar-refractivity contribution is 5.68. The van der Waals surface area contributed by atoms with Crippen molar-refractivity contribution in [2.75, 3.05) is 19.6 Å². The third-order valence-electron chi connectivity index (χ3n) is 7.06. The molecule has 294 valence electrons. The second-order valence-electron chi connectivity index (χ2n) is 11.4. The normalized spacial score (nSPS) is 14.6. The highest BCUT2D eigenvalue weighted by atomic mass is 16.6. The van der Waals surface area contributed by atoms with E-state index < -0.39 is 36.7 Å². The molecular formula is C39H51N3O12. The van der Waals surface area contributed by atoms with Crippen molar-refractivity contribution in [3.63, 3.8) is 0 Å². The molecule has 4 rings (SSSR count). The minimum absolute atomic E-state index is 0.0841. The van der Waals surface area contributed by atoms with Crippen LogP contribution in [0.2, 0.25) is 0 Å². The van der Waals surface area contributed by atoms with Crippen molar-refractivity contribution >= 4 is 37.1 Å². The number of aldehydes is 3. The van der Waals surface area contributed by atoms with Gasteiger partial charge in [0.1, 0.15) is 44.9 Å². The summed E-state index contributed by atoms with van der Waals surface area (Å²) in [4.78, 5) is 64.2. The molecule has 0 unspecified atom stereocenters. The fourth-order valence-corrected chi connectivity index (χ4v) is 4.29. The number of alkyl carbamates (subject to hydrolysis) is 2. The summed E-state index contributed by atoms with van der Waals surface area (Å²) in [5, 5.41) is 33.2. The predicted molar refractivity (Wildman–Crippen MR) is 198 cm³/mol. The summed E-state index contributed by atoms with van der Waals surface area (Å²) in [7, 11) is 0. The average molecular weight is 754 g/mol. The maximum absolute atomic E-state index is 11.8. The van der Waals surface area contributed by atoms with Gasteiger partial charge < -0.3 is 54.5 Å². The number of likely N-dealkylation sites (tertiary alicyclic amines) is 1. The van der Waals surface area contributed by atoms with E-state index in [9.17, 15) is 39.3 Å². The summed E-state index contributed by atoms with van der Waals surface area (Å²) >= 11 is 0. The molecule has 0 bridgehead atoms. The molecule has 3 aromatic rings. The predicted octanol–water partition coefficient (Wildman–Crippen LogP) is 4.06. The Balaban J connectivity index is 0.000000392. The molecule has 5 N–H and O–H groups in total. The summed E-state index contributed by atoms with van der Waals surface area (Å²) in [6.45, 7) is 3.00. The average Bonchev–Trinajstić information content (AvgIpc) is 3.18. The van der Waals surface area contributed by atoms with Gasteiger partial charge in [0.2, 0.25) is 0 Å². The van der Waals surface area contributed by atoms with E-state index in [0.29, 0.717) is 38.6 Å². The minimum Gasteiger partial charge on any atom is -0.445 e. The van der Waals surface area contributed by atoms with Crippen LogP contribution >= 0.6 is 0 Å². The van der Waals surface area contributed by atoms with Crippen molar-refractivity contribution in [2.45, 2.75) is 77.3 Å². The van der Waals surface area contributed by atoms with Gasteiger partial charge in [-0.2, -0.15) is 0 Å². The number of rotatable bonds is 14. The molecule has 0 saturated carbocycles. The van der Waals surface area contributed by atoms with Crippen LogP contribution in [0.3, 0.4) is 0 Å². The standard InChI is InChI=1S/2C13H17NO4.C11H13NO3.C2H4O/c15-11-6-7-14(12(16)8-11)13(17)18-9-10-4-2-1-3-5-10;15-9-7-12(16)6-8-14-13(17)18-10-11-4-2-1-3-5-11;13-8-4-7-12-11(14)15-9-10-5-2-1-3-6-10;1-2-3/h1-5,11-12,15-16H,6-9H2;1-5,9,12,16H,6-8,10H2,(H,14,17);1-3,5-6,8H,4,7,9H2,(H,12,14);2H,1H3/t11-,12+;12-;;/m11../s1. The Hall–Kier alpha value is -5.64. The lowest BCUT2D eigenvalue weighted by atomic mass is 10.1. The zero-order valence-electron chi connectivity index (χ0n) is 30.4. The monoisotopic (exact) mass is 753 g/mol. The summed E-state index contributed by atoms with van der Waals surface area (Å²) in [6, 6.07) is 28.1. The largest absolute Gasteiger partial charge is 0.445 e. The number of amides is 3. The van der Waals surface area contributed by atoms with Crippen molar-refractivity contribution in [3.8, 4) is 0 Å². The third kappa shape index (κ3) is 23.0. The molecule has 0 aliphatic carbocycles. The van der Waals surface area contributed by atoms with Gasteiger partial charge in [-0.15, -0.1) is 0 Å². The van der Waals surface area contributed by atoms with Gasteiger partial charge >= 0.3 is 18.3 Å². The Kier molecular flexibility index (Phi) is 25.7. The quantitative estimate of drug-likeness (QED) is 0.0895. The van der Waals surface area contributed by atoms with E-state index in [-0.39, 0.29) is 39.2 Å². The Morgan fingerprint density at radius 2 is 1.19 bits per heavy atom. The molecule has 1 fully saturated rings. The van der Waals surface area contributed by atoms with Crippen molar-refractivity contribution in [1.29, 1.82) is 0 Å². The first-order chi connectivity index (χ1) is 26.1. The van der Waals surface area contributed by atoms with E-state index >= 15 is 0 Å². The van der Waals surface area contributed by atoms with Crippen molar-refractivity contribution in [1.82, 2.24) is 15.5 Å². The first-order valence-electron chi connectivity index (χ1n) is 17.3. The molecule has 1 aliphatic rings. The molecule has 15 nitrogen and oxygen atoms in total. The highest BCUT2D eigenvalue weighted by Crippen LogP contribution is 2.17. The zero-order valence-corrected chi connectivity index (χ0v) is 30.4. The van der Waals surface area contributed by atoms with Crippen LogP contribution in [0, 0.1) is 0 Å². The maximum Gasteiger partial charge on any atom is 0.412 e. The van der Waals surface area contributed by atoms with Crippen molar-refractivity contribution < 1.29 is 58.3 Å². The lowest BCUT2D eigenvalue weighted by Crippen LogP contribution is -2.47. The number of carbonyl (C=O) groups is 6. The Labute approximate surface area is 315 Å². The number of ether oxygens (including phenoxy) is 3. The van der Waals surface area contributed by atoms with Gasteiger partial charge in [-0.1, -0.05) is 91.0 Å². The number of piperidine rings is 1. The number of hydrogen-bond donors (Lipinski definition) is 5. The highest BCUT2D eigenvalue weighted by Gasteiger charge is 2.30. The Morgan fingerprint density at radius 1 is 0.741 bits per heavy atom. The van der Waals surface area contributed by atoms with Crippen molar-refractivity contribution in [3.05, 3.63) is 108 Å². The number of nitrogens with zero attached hydrogens (tertiary/aromatic N) is 1. The molecule has 1 aliphatic heterocycles. The summed E-state index contributed by atoms with van der Waals surface area (Å²) in [5.74, 6) is 0. The van der Waals surface area contributed by atoms with Gasteiger partial charge in [0.05, 0.1) is 12.2 Å². The molecule has 3 aromatic carbocycles. The van der Waals surface area contributed by atoms with Crippen LogP contribution in [0.1, 0.15) is 55.7 Å². The fourth-order valence-electron chi connectivity index (χ4n) is 4.29. The molecular weight excluding hydrogens is 702 g/mol. The lowest BCUT2D eigenvalue weighted by molar-refractivity contribution is -0.109. The number of aliphatic hydroxyl groups is 3. The second-order valence-corrected chi connectivity index (χ2v) is 11.4. The maximum atomic E-state index is 11.8. The van der Waals surface area contributed by atoms with E-state index in [0.717, 1.165) is 29.3 Å². The van der Waals surface area contributed by atoms with Crippen LogP contribution < -0.4 is 10.6 Å². The minimum atomic E-state index is -0.961. The first kappa shape index (κ1) is 46.4. The summed E-state index contributed by atoms with van der Waals surface area (Å²) in [5.41, 5.74) is 2.74. The van der Waals surface area contributed by atoms with Crippen LogP contribution in [0.15, 0.2) is 91.0 Å². The summed E-state index contributed by atoms with van der Waals surface area (Å²) in [6.07, 6.45) is -0.267. The smallest absolute Gasteiger partial charge is 0.412 e. The van der Waals surface area contributed by atoms with Crippen LogP contribution in [0.25, 0.3) is 0 Å². The van der Waals surface area contributed by atoms with E-state index in [1.165, 1.54) is 11.8 Å². The van der Waals surface area contributed by atoms with E-state index in [1.807, 2.05) is 91.0 Å². The zero-order chi connectivity index (χ0) is 39.8. The van der Waals surface area contributed by atoms with Crippen LogP contribution in [-0.2, 0) is 48.4 Å². The van der Waals surface area contributed by atoms with Crippen LogP contribution in [-0.4, -0.2) is 95.4 Å². The first-order valence-corrected chi connectivity index (χ1v) is 17.3. The molecule has 15 heteroatoms. The molecule has 0 spiro atoms. The number of carbonyl (C=O) groups excluding carboxylic acids is 6. The van der Waals surface area contributed by atoms with Gasteiger partial charge in [-0.05, 0) is 36.5 Å². The Morgan fingerprint density at radius 3 is 1.61 bits per heavy atom. The van der Waals surface area contributed by atoms with E-state index in [2.05, 4.69) is 10.6 Å². The molecule has 0 aromatic heterocycles. The molecule has 3 amide bonds. The summed E-state index contributed by atoms with van der Waals surface area (Å²) < 4.78 is 15.0. The molecule has 3 atom stereocenters. The lowest BCUT2D eigenvalue weighted by Gasteiger charge is -2.33. The van der Waals surface area contributed by atoms with Gasteiger partial charge in [0.25, 0.3) is 0 Å². The van der Waals surface area contributed by atoms with Crippen LogP contribution in [0.5, 0.6) is 0 Å². The Bertz CT molecular complexity index is 1470. The van der Waals surface area contributed by atoms with Gasteiger partial charge in [0, 0.05) is 38.9 Å². The molecule has 1 heterocycles. The van der Waals surface area contributed by atoms with Gasteiger partial charge in [-0.25, -0.2) is 14.4 Å². The number of hydrogen-bond acceptors (Lipinski definition) is 12. The van der Waals surface area contributed by atoms with Crippen LogP contribution in [0.4, 0.5) is 14.4 Å². The molecule has 54 heavy (non-hydrogen) atoms. The molecule has 0 radical (unpaired) electrons.